The van der Waals surface area contributed by atoms with Crippen LogP contribution in [0.4, 0.5) is 0 Å². The van der Waals surface area contributed by atoms with Gasteiger partial charge in [-0.1, -0.05) is 20.8 Å². The number of fused-ring (bicyclic) bond motifs is 2. The van der Waals surface area contributed by atoms with Gasteiger partial charge >= 0.3 is 11.9 Å². The Morgan fingerprint density at radius 3 is 2.31 bits per heavy atom. The highest BCUT2D eigenvalue weighted by molar-refractivity contribution is 5.90. The van der Waals surface area contributed by atoms with Crippen LogP contribution in [0.15, 0.2) is 18.2 Å². The first kappa shape index (κ1) is 25.7. The lowest BCUT2D eigenvalue weighted by molar-refractivity contribution is -0.168. The van der Waals surface area contributed by atoms with Crippen molar-refractivity contribution >= 4 is 11.9 Å². The molecular formula is C26H36O9. The molecule has 1 aliphatic heterocycles. The summed E-state index contributed by atoms with van der Waals surface area (Å²) in [5, 5.41) is 23.5. The number of aliphatic hydroxyl groups is 2. The quantitative estimate of drug-likeness (QED) is 0.455. The van der Waals surface area contributed by atoms with Crippen molar-refractivity contribution in [3.05, 3.63) is 23.8 Å². The van der Waals surface area contributed by atoms with Gasteiger partial charge < -0.3 is 33.9 Å². The molecule has 9 heteroatoms. The van der Waals surface area contributed by atoms with Crippen molar-refractivity contribution in [1.82, 2.24) is 0 Å². The van der Waals surface area contributed by atoms with Crippen LogP contribution in [-0.4, -0.2) is 72.0 Å². The predicted molar refractivity (Wildman–Crippen MR) is 124 cm³/mol. The highest BCUT2D eigenvalue weighted by Gasteiger charge is 2.75. The minimum absolute atomic E-state index is 0.121. The summed E-state index contributed by atoms with van der Waals surface area (Å²) in [4.78, 5) is 25.3. The molecule has 1 saturated heterocycles. The van der Waals surface area contributed by atoms with E-state index in [4.69, 9.17) is 23.7 Å². The predicted octanol–water partition coefficient (Wildman–Crippen LogP) is 2.50. The van der Waals surface area contributed by atoms with Gasteiger partial charge in [-0.15, -0.1) is 0 Å². The third-order valence-electron chi connectivity index (χ3n) is 8.44. The third-order valence-corrected chi connectivity index (χ3v) is 8.44. The molecule has 8 unspecified atom stereocenters. The van der Waals surface area contributed by atoms with E-state index in [9.17, 15) is 19.8 Å². The van der Waals surface area contributed by atoms with E-state index in [1.54, 1.807) is 19.1 Å². The monoisotopic (exact) mass is 492 g/mol. The first-order chi connectivity index (χ1) is 16.3. The van der Waals surface area contributed by atoms with Crippen LogP contribution in [0.2, 0.25) is 0 Å². The van der Waals surface area contributed by atoms with E-state index in [0.717, 1.165) is 0 Å². The van der Waals surface area contributed by atoms with Crippen molar-refractivity contribution in [1.29, 1.82) is 0 Å². The van der Waals surface area contributed by atoms with Crippen molar-refractivity contribution in [2.24, 2.45) is 17.3 Å². The number of methoxy groups -OCH3 is 2. The number of carbonyl (C=O) groups is 2. The Balaban J connectivity index is 1.76. The van der Waals surface area contributed by atoms with Crippen LogP contribution >= 0.6 is 0 Å². The molecule has 3 fully saturated rings. The molecule has 1 aromatic rings. The van der Waals surface area contributed by atoms with Gasteiger partial charge in [0.2, 0.25) is 0 Å². The van der Waals surface area contributed by atoms with Crippen molar-refractivity contribution in [3.63, 3.8) is 0 Å². The van der Waals surface area contributed by atoms with Gasteiger partial charge in [-0.05, 0) is 31.0 Å². The molecule has 0 amide bonds. The second-order valence-electron chi connectivity index (χ2n) is 10.8. The zero-order valence-corrected chi connectivity index (χ0v) is 21.4. The Morgan fingerprint density at radius 1 is 1.09 bits per heavy atom. The lowest BCUT2D eigenvalue weighted by atomic mass is 9.66. The topological polar surface area (TPSA) is 124 Å². The molecule has 1 aromatic carbocycles. The fraction of sp³-hybridized carbons (Fsp3) is 0.692. The molecule has 1 heterocycles. The highest BCUT2D eigenvalue weighted by Crippen LogP contribution is 2.64. The smallest absolute Gasteiger partial charge is 0.338 e. The summed E-state index contributed by atoms with van der Waals surface area (Å²) < 4.78 is 28.2. The molecule has 9 nitrogen and oxygen atoms in total. The number of epoxide rings is 1. The molecule has 2 N–H and O–H groups in total. The maximum absolute atomic E-state index is 13.3. The van der Waals surface area contributed by atoms with Crippen LogP contribution in [0, 0.1) is 17.3 Å². The summed E-state index contributed by atoms with van der Waals surface area (Å²) in [6.07, 6.45) is -2.72. The molecular weight excluding hydrogens is 456 g/mol. The molecule has 2 saturated carbocycles. The Labute approximate surface area is 205 Å². The number of carbonyl (C=O) groups excluding carboxylic acids is 2. The summed E-state index contributed by atoms with van der Waals surface area (Å²) >= 11 is 0. The average molecular weight is 493 g/mol. The Morgan fingerprint density at radius 2 is 1.74 bits per heavy atom. The Kier molecular flexibility index (Phi) is 6.35. The lowest BCUT2D eigenvalue weighted by Gasteiger charge is -2.45. The summed E-state index contributed by atoms with van der Waals surface area (Å²) in [5.41, 5.74) is -2.93. The fourth-order valence-electron chi connectivity index (χ4n) is 6.38. The highest BCUT2D eigenvalue weighted by atomic mass is 16.6. The van der Waals surface area contributed by atoms with Gasteiger partial charge in [-0.3, -0.25) is 4.79 Å². The molecule has 0 aromatic heterocycles. The summed E-state index contributed by atoms with van der Waals surface area (Å²) in [5.74, 6) is -1.20. The van der Waals surface area contributed by atoms with Crippen LogP contribution in [0.1, 0.15) is 57.8 Å². The lowest BCUT2D eigenvalue weighted by Crippen LogP contribution is -2.55. The number of ether oxygens (including phenoxy) is 5. The van der Waals surface area contributed by atoms with Gasteiger partial charge in [0.1, 0.15) is 18.3 Å². The molecule has 194 valence electrons. The van der Waals surface area contributed by atoms with Gasteiger partial charge in [-0.2, -0.15) is 0 Å². The Bertz CT molecular complexity index is 1010. The molecule has 2 aliphatic carbocycles. The number of aliphatic hydroxyl groups excluding tert-OH is 1. The van der Waals surface area contributed by atoms with Gasteiger partial charge in [-0.25, -0.2) is 4.79 Å². The number of esters is 2. The molecule has 3 aliphatic rings. The molecule has 8 atom stereocenters. The van der Waals surface area contributed by atoms with E-state index in [-0.39, 0.29) is 24.3 Å². The first-order valence-electron chi connectivity index (χ1n) is 12.0. The van der Waals surface area contributed by atoms with Crippen molar-refractivity contribution in [2.75, 3.05) is 14.2 Å². The van der Waals surface area contributed by atoms with Crippen molar-refractivity contribution < 1.29 is 43.5 Å². The zero-order valence-electron chi connectivity index (χ0n) is 21.4. The van der Waals surface area contributed by atoms with Crippen LogP contribution in [-0.2, 0) is 19.0 Å². The molecule has 0 spiro atoms. The van der Waals surface area contributed by atoms with E-state index >= 15 is 0 Å². The zero-order chi connectivity index (χ0) is 25.9. The Hall–Kier alpha value is -2.36. The van der Waals surface area contributed by atoms with Gasteiger partial charge in [0.25, 0.3) is 0 Å². The molecule has 4 rings (SSSR count). The van der Waals surface area contributed by atoms with E-state index in [0.29, 0.717) is 11.5 Å². The van der Waals surface area contributed by atoms with E-state index in [1.165, 1.54) is 27.2 Å². The molecule has 35 heavy (non-hydrogen) atoms. The van der Waals surface area contributed by atoms with E-state index in [2.05, 4.69) is 0 Å². The second kappa shape index (κ2) is 8.64. The maximum Gasteiger partial charge on any atom is 0.338 e. The largest absolute Gasteiger partial charge is 0.493 e. The fourth-order valence-corrected chi connectivity index (χ4v) is 6.38. The van der Waals surface area contributed by atoms with Crippen molar-refractivity contribution in [3.8, 4) is 11.5 Å². The molecule has 0 radical (unpaired) electrons. The number of benzene rings is 1. The van der Waals surface area contributed by atoms with Gasteiger partial charge in [0.05, 0.1) is 37.1 Å². The third kappa shape index (κ3) is 3.97. The SMILES string of the molecule is COc1ccc(C(=O)OC2CC3(C)OC3C(O)C3(C)C(OC(C)=O)CC(O)(C(C)C)C23)cc1OC. The average Bonchev–Trinajstić information content (AvgIpc) is 3.40. The molecule has 0 bridgehead atoms. The normalized spacial score (nSPS) is 39.8. The first-order valence-corrected chi connectivity index (χ1v) is 12.0. The number of hydrogen-bond acceptors (Lipinski definition) is 9. The number of hydrogen-bond donors (Lipinski definition) is 2. The number of rotatable bonds is 6. The van der Waals surface area contributed by atoms with Crippen LogP contribution < -0.4 is 9.47 Å². The summed E-state index contributed by atoms with van der Waals surface area (Å²) in [6, 6.07) is 4.74. The second-order valence-corrected chi connectivity index (χ2v) is 10.8. The van der Waals surface area contributed by atoms with Gasteiger partial charge in [0.15, 0.2) is 11.5 Å². The van der Waals surface area contributed by atoms with Gasteiger partial charge in [0, 0.05) is 31.1 Å². The minimum atomic E-state index is -1.36. The summed E-state index contributed by atoms with van der Waals surface area (Å²) in [6.45, 7) is 8.71. The summed E-state index contributed by atoms with van der Waals surface area (Å²) in [7, 11) is 2.99. The van der Waals surface area contributed by atoms with Crippen LogP contribution in [0.5, 0.6) is 11.5 Å². The van der Waals surface area contributed by atoms with E-state index < -0.39 is 58.9 Å². The minimum Gasteiger partial charge on any atom is -0.493 e. The maximum atomic E-state index is 13.3. The standard InChI is InChI=1S/C26H36O9/c1-13(2)26(30)12-19(33-14(3)27)25(5)20(26)18(11-24(4)22(35-24)21(25)28)34-23(29)15-8-9-16(31-6)17(10-15)32-7/h8-10,13,18-22,28,30H,11-12H2,1-7H3. The van der Waals surface area contributed by atoms with E-state index in [1.807, 2.05) is 20.8 Å². The van der Waals surface area contributed by atoms with Crippen molar-refractivity contribution in [2.45, 2.75) is 83.1 Å². The van der Waals surface area contributed by atoms with Crippen LogP contribution in [0.25, 0.3) is 0 Å². The van der Waals surface area contributed by atoms with Crippen LogP contribution in [0.3, 0.4) is 0 Å².